The van der Waals surface area contributed by atoms with E-state index in [1.807, 2.05) is 206 Å². The Kier molecular flexibility index (Phi) is 16.5. The van der Waals surface area contributed by atoms with Crippen molar-refractivity contribution in [3.63, 3.8) is 0 Å². The first kappa shape index (κ1) is 56.0. The molecule has 0 radical (unpaired) electrons. The molecule has 2 aliphatic rings. The van der Waals surface area contributed by atoms with Crippen molar-refractivity contribution in [3.8, 4) is 0 Å². The highest BCUT2D eigenvalue weighted by atomic mass is 32.2. The molecule has 85 heavy (non-hydrogen) atoms. The summed E-state index contributed by atoms with van der Waals surface area (Å²) in [5.41, 5.74) is 4.38. The third kappa shape index (κ3) is 11.5. The number of hydrogen-bond donors (Lipinski definition) is 2. The van der Waals surface area contributed by atoms with E-state index in [0.717, 1.165) is 44.5 Å². The fourth-order valence-corrected chi connectivity index (χ4v) is 14.2. The Bertz CT molecular complexity index is 3850. The van der Waals surface area contributed by atoms with Gasteiger partial charge in [0.15, 0.2) is 16.9 Å². The van der Waals surface area contributed by atoms with Crippen LogP contribution in [-0.2, 0) is 35.1 Å². The lowest BCUT2D eigenvalue weighted by Crippen LogP contribution is -2.71. The number of benzene rings is 8. The van der Waals surface area contributed by atoms with Crippen molar-refractivity contribution >= 4 is 63.5 Å². The maximum atomic E-state index is 15.6. The molecule has 1 saturated heterocycles. The largest absolute Gasteiger partial charge is 0.448 e. The molecule has 2 aromatic heterocycles. The molecule has 15 heteroatoms. The number of β-lactam (4-membered cyclic amide) rings is 1. The molecule has 4 heterocycles. The van der Waals surface area contributed by atoms with E-state index >= 15 is 14.4 Å². The number of thioether (sulfide) groups is 2. The van der Waals surface area contributed by atoms with Crippen LogP contribution >= 0.6 is 34.9 Å². The summed E-state index contributed by atoms with van der Waals surface area (Å²) in [5.74, 6) is -0.995. The van der Waals surface area contributed by atoms with Gasteiger partial charge < -0.3 is 24.6 Å². The number of hydrogen-bond acceptors (Lipinski definition) is 13. The van der Waals surface area contributed by atoms with Gasteiger partial charge in [-0.1, -0.05) is 248 Å². The SMILES string of the molecule is Cc1cc(SCC2=C(C(=O)OC(c3ccccc3)c3ccccc3)N3C(=O)[C@@H](NC(=O)/C(=N\OC(c4ccccc4)(c4ccccc4)c4ccccc4)c4csc(NC(c5ccccc5)(c5ccccc5)c5ccccc5)n4)[C@@H]3SC2)cc(=O)o1. The first-order chi connectivity index (χ1) is 41.7. The Morgan fingerprint density at radius 1 is 0.659 bits per heavy atom. The van der Waals surface area contributed by atoms with Crippen LogP contribution in [0.1, 0.15) is 62.1 Å². The minimum atomic E-state index is -1.40. The number of rotatable bonds is 20. The molecular formula is C70H55N5O7S3. The van der Waals surface area contributed by atoms with Crippen LogP contribution in [0.3, 0.4) is 0 Å². The summed E-state index contributed by atoms with van der Waals surface area (Å²) < 4.78 is 11.7. The van der Waals surface area contributed by atoms with Gasteiger partial charge in [-0.05, 0) is 46.4 Å². The maximum absolute atomic E-state index is 15.6. The minimum absolute atomic E-state index is 0.0767. The van der Waals surface area contributed by atoms with Gasteiger partial charge in [-0.15, -0.1) is 34.9 Å². The molecule has 0 unspecified atom stereocenters. The van der Waals surface area contributed by atoms with Gasteiger partial charge in [0.1, 0.15) is 34.1 Å². The summed E-state index contributed by atoms with van der Waals surface area (Å²) >= 11 is 4.05. The molecular weight excluding hydrogens is 1120 g/mol. The fraction of sp³-hybridized carbons (Fsp3) is 0.114. The van der Waals surface area contributed by atoms with Crippen molar-refractivity contribution in [2.45, 2.75) is 40.5 Å². The van der Waals surface area contributed by atoms with Gasteiger partial charge in [0, 0.05) is 44.5 Å². The number of thiazole rings is 1. The molecule has 8 aromatic carbocycles. The van der Waals surface area contributed by atoms with E-state index in [9.17, 15) is 4.79 Å². The Labute approximate surface area is 504 Å². The number of oxime groups is 1. The highest BCUT2D eigenvalue weighted by molar-refractivity contribution is 8.01. The number of aromatic nitrogens is 1. The van der Waals surface area contributed by atoms with Crippen LogP contribution in [0.2, 0.25) is 0 Å². The Hall–Kier alpha value is -9.54. The Morgan fingerprint density at radius 2 is 1.12 bits per heavy atom. The number of esters is 1. The van der Waals surface area contributed by atoms with Gasteiger partial charge in [-0.25, -0.2) is 14.6 Å². The molecule has 0 saturated carbocycles. The smallest absolute Gasteiger partial charge is 0.356 e. The topological polar surface area (TPSA) is 152 Å². The van der Waals surface area contributed by atoms with Gasteiger partial charge in [-0.3, -0.25) is 14.5 Å². The van der Waals surface area contributed by atoms with E-state index in [1.54, 1.807) is 18.4 Å². The van der Waals surface area contributed by atoms with E-state index in [1.165, 1.54) is 45.8 Å². The normalized spacial score (nSPS) is 15.2. The number of carbonyl (C=O) groups excluding carboxylic acids is 3. The summed E-state index contributed by atoms with van der Waals surface area (Å²) in [6.07, 6.45) is -0.818. The molecule has 2 N–H and O–H groups in total. The highest BCUT2D eigenvalue weighted by Crippen LogP contribution is 2.45. The molecule has 2 aliphatic heterocycles. The van der Waals surface area contributed by atoms with E-state index < -0.39 is 52.1 Å². The van der Waals surface area contributed by atoms with Gasteiger partial charge in [-0.2, -0.15) is 0 Å². The van der Waals surface area contributed by atoms with Crippen molar-refractivity contribution in [1.29, 1.82) is 0 Å². The van der Waals surface area contributed by atoms with Gasteiger partial charge in [0.05, 0.1) is 0 Å². The number of nitrogens with one attached hydrogen (secondary N) is 2. The van der Waals surface area contributed by atoms with Crippen molar-refractivity contribution < 1.29 is 28.4 Å². The molecule has 2 atom stereocenters. The average molecular weight is 1170 g/mol. The third-order valence-corrected chi connectivity index (χ3v) is 18.1. The zero-order valence-corrected chi connectivity index (χ0v) is 48.3. The van der Waals surface area contributed by atoms with E-state index in [2.05, 4.69) is 47.0 Å². The van der Waals surface area contributed by atoms with E-state index in [0.29, 0.717) is 27.1 Å². The number of anilines is 1. The number of ether oxygens (including phenoxy) is 1. The lowest BCUT2D eigenvalue weighted by molar-refractivity contribution is -0.154. The predicted molar refractivity (Wildman–Crippen MR) is 335 cm³/mol. The molecule has 420 valence electrons. The van der Waals surface area contributed by atoms with Crippen LogP contribution in [0.15, 0.2) is 291 Å². The molecule has 1 fully saturated rings. The predicted octanol–water partition coefficient (Wildman–Crippen LogP) is 13.3. The summed E-state index contributed by atoms with van der Waals surface area (Å²) in [6, 6.07) is 80.4. The first-order valence-electron chi connectivity index (χ1n) is 27.6. The first-order valence-corrected chi connectivity index (χ1v) is 30.5. The molecule has 10 aromatic rings. The zero-order valence-electron chi connectivity index (χ0n) is 45.9. The summed E-state index contributed by atoms with van der Waals surface area (Å²) in [7, 11) is 0. The zero-order chi connectivity index (χ0) is 58.2. The van der Waals surface area contributed by atoms with Gasteiger partial charge in [0.25, 0.3) is 11.8 Å². The molecule has 12 rings (SSSR count). The number of fused-ring (bicyclic) bond motifs is 1. The van der Waals surface area contributed by atoms with E-state index in [4.69, 9.17) is 24.1 Å². The lowest BCUT2D eigenvalue weighted by Gasteiger charge is -2.49. The lowest BCUT2D eigenvalue weighted by atomic mass is 9.77. The van der Waals surface area contributed by atoms with Gasteiger partial charge >= 0.3 is 11.6 Å². The average Bonchev–Trinajstić information content (AvgIpc) is 1.60. The van der Waals surface area contributed by atoms with Crippen LogP contribution in [-0.4, -0.2) is 56.3 Å². The standard InChI is InChI=1S/C70H55N5O7S3/c1-47-42-57(43-59(76)80-47)83-44-50-45-84-66-61(65(78)75(66)62(50)67(79)81-63(48-26-10-2-11-27-48)49-28-12-3-13-29-49)72-64(77)60(74-82-70(54-36-20-7-21-37-54,55-38-22-8-23-39-55)56-40-24-9-25-41-56)58-46-85-68(71-58)73-69(51-30-14-4-15-31-51,52-32-16-5-17-33-52)53-34-18-6-19-35-53/h2-43,46,61,63,66H,44-45H2,1H3,(H,71,73)(H,72,77)/b74-60-/t61-,66+/m1/s1. The number of carbonyl (C=O) groups is 3. The monoisotopic (exact) mass is 1170 g/mol. The second-order valence-electron chi connectivity index (χ2n) is 20.3. The molecule has 12 nitrogen and oxygen atoms in total. The number of nitrogens with zero attached hydrogens (tertiary/aromatic N) is 3. The Morgan fingerprint density at radius 3 is 1.59 bits per heavy atom. The van der Waals surface area contributed by atoms with E-state index in [-0.39, 0.29) is 22.9 Å². The molecule has 0 aliphatic carbocycles. The van der Waals surface area contributed by atoms with Crippen LogP contribution in [0.25, 0.3) is 0 Å². The Balaban J connectivity index is 0.936. The van der Waals surface area contributed by atoms with Crippen molar-refractivity contribution in [2.24, 2.45) is 5.16 Å². The maximum Gasteiger partial charge on any atom is 0.356 e. The number of aryl methyl sites for hydroxylation is 1. The van der Waals surface area contributed by atoms with Crippen molar-refractivity contribution in [2.75, 3.05) is 16.8 Å². The second kappa shape index (κ2) is 25.1. The summed E-state index contributed by atoms with van der Waals surface area (Å²) in [5, 5.41) is 13.3. The molecule has 2 amide bonds. The van der Waals surface area contributed by atoms with Crippen LogP contribution < -0.4 is 16.3 Å². The van der Waals surface area contributed by atoms with Crippen LogP contribution in [0.5, 0.6) is 0 Å². The number of amides is 2. The third-order valence-electron chi connectivity index (χ3n) is 14.9. The fourth-order valence-electron chi connectivity index (χ4n) is 10.9. The molecule has 0 spiro atoms. The minimum Gasteiger partial charge on any atom is -0.448 e. The van der Waals surface area contributed by atoms with Crippen LogP contribution in [0.4, 0.5) is 5.13 Å². The molecule has 0 bridgehead atoms. The summed E-state index contributed by atoms with van der Waals surface area (Å²) in [4.78, 5) is 72.5. The quantitative estimate of drug-likeness (QED) is 0.0187. The summed E-state index contributed by atoms with van der Waals surface area (Å²) in [6.45, 7) is 1.70. The van der Waals surface area contributed by atoms with Gasteiger partial charge in [0.2, 0.25) is 5.60 Å². The van der Waals surface area contributed by atoms with Crippen LogP contribution in [0, 0.1) is 6.92 Å². The van der Waals surface area contributed by atoms with Crippen molar-refractivity contribution in [1.82, 2.24) is 15.2 Å². The van der Waals surface area contributed by atoms with Crippen molar-refractivity contribution in [3.05, 3.63) is 338 Å². The highest BCUT2D eigenvalue weighted by Gasteiger charge is 2.55. The second-order valence-corrected chi connectivity index (χ2v) is 23.3.